The molecule has 0 aliphatic carbocycles. The molecule has 2 atom stereocenters. The minimum absolute atomic E-state index is 0.0412. The Morgan fingerprint density at radius 3 is 2.90 bits per heavy atom. The quantitative estimate of drug-likeness (QED) is 0.803. The molecule has 2 aliphatic rings. The summed E-state index contributed by atoms with van der Waals surface area (Å²) in [6.45, 7) is 2.04. The Morgan fingerprint density at radius 1 is 1.45 bits per heavy atom. The van der Waals surface area contributed by atoms with Gasteiger partial charge in [0.15, 0.2) is 0 Å². The average Bonchev–Trinajstić information content (AvgIpc) is 2.97. The van der Waals surface area contributed by atoms with E-state index in [0.717, 1.165) is 25.9 Å². The van der Waals surface area contributed by atoms with Crippen LogP contribution in [0.2, 0.25) is 0 Å². The Morgan fingerprint density at radius 2 is 2.25 bits per heavy atom. The Bertz CT molecular complexity index is 474. The van der Waals surface area contributed by atoms with Crippen molar-refractivity contribution in [2.24, 2.45) is 0 Å². The Kier molecular flexibility index (Phi) is 3.67. The number of carbonyl (C=O) groups is 1. The van der Waals surface area contributed by atoms with Gasteiger partial charge in [0.25, 0.3) is 5.91 Å². The summed E-state index contributed by atoms with van der Waals surface area (Å²) >= 11 is 0. The Hall–Kier alpha value is -1.53. The highest BCUT2D eigenvalue weighted by Gasteiger charge is 2.47. The molecule has 6 heteroatoms. The fourth-order valence-electron chi connectivity index (χ4n) is 3.18. The van der Waals surface area contributed by atoms with Crippen molar-refractivity contribution in [3.63, 3.8) is 0 Å². The molecule has 6 nitrogen and oxygen atoms in total. The first kappa shape index (κ1) is 13.5. The van der Waals surface area contributed by atoms with Crippen molar-refractivity contribution < 1.29 is 14.3 Å². The first-order valence-electron chi connectivity index (χ1n) is 6.96. The van der Waals surface area contributed by atoms with E-state index in [1.54, 1.807) is 24.4 Å². The normalized spacial score (nSPS) is 29.9. The Labute approximate surface area is 118 Å². The van der Waals surface area contributed by atoms with Gasteiger partial charge in [-0.05, 0) is 19.3 Å². The topological polar surface area (TPSA) is 64.5 Å². The molecule has 1 aromatic rings. The smallest absolute Gasteiger partial charge is 0.257 e. The third-order valence-corrected chi connectivity index (χ3v) is 4.29. The highest BCUT2D eigenvalue weighted by Crippen LogP contribution is 2.37. The van der Waals surface area contributed by atoms with Crippen molar-refractivity contribution in [1.29, 1.82) is 0 Å². The molecule has 0 unspecified atom stereocenters. The lowest BCUT2D eigenvalue weighted by Crippen LogP contribution is -2.57. The lowest BCUT2D eigenvalue weighted by molar-refractivity contribution is -0.136. The molecule has 1 spiro atoms. The molecule has 3 rings (SSSR count). The average molecular weight is 277 g/mol. The van der Waals surface area contributed by atoms with E-state index in [2.05, 4.69) is 9.97 Å². The van der Waals surface area contributed by atoms with Crippen LogP contribution in [0.5, 0.6) is 0 Å². The van der Waals surface area contributed by atoms with E-state index in [1.807, 2.05) is 0 Å². The van der Waals surface area contributed by atoms with E-state index in [-0.39, 0.29) is 17.6 Å². The molecule has 1 aromatic heterocycles. The van der Waals surface area contributed by atoms with Gasteiger partial charge in [0.2, 0.25) is 0 Å². The number of hydrogen-bond donors (Lipinski definition) is 0. The fourth-order valence-corrected chi connectivity index (χ4v) is 3.18. The van der Waals surface area contributed by atoms with Gasteiger partial charge in [0.1, 0.15) is 12.4 Å². The van der Waals surface area contributed by atoms with E-state index in [4.69, 9.17) is 9.47 Å². The predicted octanol–water partition coefficient (Wildman–Crippen LogP) is 0.887. The summed E-state index contributed by atoms with van der Waals surface area (Å²) in [6.07, 6.45) is 7.37. The lowest BCUT2D eigenvalue weighted by atomic mass is 9.85. The van der Waals surface area contributed by atoms with Crippen LogP contribution in [-0.2, 0) is 9.47 Å². The van der Waals surface area contributed by atoms with Crippen molar-refractivity contribution in [3.8, 4) is 0 Å². The molecule has 1 amide bonds. The predicted molar refractivity (Wildman–Crippen MR) is 71.3 cm³/mol. The van der Waals surface area contributed by atoms with Gasteiger partial charge in [-0.1, -0.05) is 0 Å². The summed E-state index contributed by atoms with van der Waals surface area (Å²) in [5, 5.41) is 0. The third kappa shape index (κ3) is 2.29. The summed E-state index contributed by atoms with van der Waals surface area (Å²) in [4.78, 5) is 22.0. The molecule has 0 bridgehead atoms. The summed E-state index contributed by atoms with van der Waals surface area (Å²) in [7, 11) is 1.69. The van der Waals surface area contributed by atoms with Crippen molar-refractivity contribution in [2.45, 2.75) is 31.0 Å². The van der Waals surface area contributed by atoms with Crippen LogP contribution >= 0.6 is 0 Å². The summed E-state index contributed by atoms with van der Waals surface area (Å²) in [6, 6.07) is 0. The third-order valence-electron chi connectivity index (χ3n) is 4.29. The first-order valence-corrected chi connectivity index (χ1v) is 6.96. The molecule has 0 radical (unpaired) electrons. The van der Waals surface area contributed by atoms with Crippen LogP contribution in [0.15, 0.2) is 18.7 Å². The number of hydrogen-bond acceptors (Lipinski definition) is 5. The first-order chi connectivity index (χ1) is 9.75. The standard InChI is InChI=1S/C14H19N3O3/c1-19-12-9-17(5-4-14(12)3-2-6-20-14)13(18)11-7-15-10-16-8-11/h7-8,10,12H,2-6,9H2,1H3/t12-,14-/m0/s1. The summed E-state index contributed by atoms with van der Waals surface area (Å²) < 4.78 is 11.5. The van der Waals surface area contributed by atoms with E-state index in [0.29, 0.717) is 18.7 Å². The summed E-state index contributed by atoms with van der Waals surface area (Å²) in [5.74, 6) is -0.0412. The molecule has 20 heavy (non-hydrogen) atoms. The SMILES string of the molecule is CO[C@H]1CN(C(=O)c2cncnc2)CC[C@@]12CCCO2. The number of nitrogens with zero attached hydrogens (tertiary/aromatic N) is 3. The number of likely N-dealkylation sites (tertiary alicyclic amines) is 1. The van der Waals surface area contributed by atoms with E-state index in [1.165, 1.54) is 6.33 Å². The van der Waals surface area contributed by atoms with Gasteiger partial charge in [-0.15, -0.1) is 0 Å². The van der Waals surface area contributed by atoms with Crippen molar-refractivity contribution in [2.75, 3.05) is 26.8 Å². The zero-order valence-corrected chi connectivity index (χ0v) is 11.6. The second-order valence-electron chi connectivity index (χ2n) is 5.37. The van der Waals surface area contributed by atoms with E-state index < -0.39 is 0 Å². The van der Waals surface area contributed by atoms with Gasteiger partial charge in [-0.2, -0.15) is 0 Å². The highest BCUT2D eigenvalue weighted by molar-refractivity contribution is 5.93. The van der Waals surface area contributed by atoms with Crippen LogP contribution in [-0.4, -0.2) is 59.3 Å². The summed E-state index contributed by atoms with van der Waals surface area (Å²) in [5.41, 5.74) is 0.323. The van der Waals surface area contributed by atoms with Gasteiger partial charge in [-0.25, -0.2) is 9.97 Å². The molecule has 0 saturated carbocycles. The van der Waals surface area contributed by atoms with E-state index in [9.17, 15) is 4.79 Å². The van der Waals surface area contributed by atoms with Crippen LogP contribution in [0.25, 0.3) is 0 Å². The van der Waals surface area contributed by atoms with Crippen LogP contribution in [0, 0.1) is 0 Å². The Balaban J connectivity index is 1.73. The number of rotatable bonds is 2. The number of methoxy groups -OCH3 is 1. The van der Waals surface area contributed by atoms with Gasteiger partial charge in [0.05, 0.1) is 11.2 Å². The minimum atomic E-state index is -0.196. The highest BCUT2D eigenvalue weighted by atomic mass is 16.5. The second-order valence-corrected chi connectivity index (χ2v) is 5.37. The monoisotopic (exact) mass is 277 g/mol. The molecule has 3 heterocycles. The zero-order valence-electron chi connectivity index (χ0n) is 11.6. The molecule has 2 fully saturated rings. The van der Waals surface area contributed by atoms with Crippen LogP contribution in [0.1, 0.15) is 29.6 Å². The maximum absolute atomic E-state index is 12.4. The largest absolute Gasteiger partial charge is 0.377 e. The zero-order chi connectivity index (χ0) is 14.0. The van der Waals surface area contributed by atoms with Gasteiger partial charge in [-0.3, -0.25) is 4.79 Å². The lowest BCUT2D eigenvalue weighted by Gasteiger charge is -2.44. The van der Waals surface area contributed by atoms with Gasteiger partial charge in [0, 0.05) is 39.2 Å². The maximum Gasteiger partial charge on any atom is 0.257 e. The molecule has 0 aromatic carbocycles. The van der Waals surface area contributed by atoms with E-state index >= 15 is 0 Å². The number of ether oxygens (including phenoxy) is 2. The van der Waals surface area contributed by atoms with Crippen molar-refractivity contribution in [3.05, 3.63) is 24.3 Å². The maximum atomic E-state index is 12.4. The molecule has 2 saturated heterocycles. The molecule has 0 N–H and O–H groups in total. The second kappa shape index (κ2) is 5.46. The molecular weight excluding hydrogens is 258 g/mol. The number of piperidine rings is 1. The number of aromatic nitrogens is 2. The van der Waals surface area contributed by atoms with Crippen molar-refractivity contribution in [1.82, 2.24) is 14.9 Å². The van der Waals surface area contributed by atoms with Crippen LogP contribution in [0.4, 0.5) is 0 Å². The van der Waals surface area contributed by atoms with Crippen LogP contribution < -0.4 is 0 Å². The molecular formula is C14H19N3O3. The minimum Gasteiger partial charge on any atom is -0.377 e. The van der Waals surface area contributed by atoms with Gasteiger partial charge < -0.3 is 14.4 Å². The molecule has 2 aliphatic heterocycles. The number of carbonyl (C=O) groups excluding carboxylic acids is 1. The van der Waals surface area contributed by atoms with Crippen LogP contribution in [0.3, 0.4) is 0 Å². The molecule has 108 valence electrons. The van der Waals surface area contributed by atoms with Crippen molar-refractivity contribution >= 4 is 5.91 Å². The number of amides is 1. The fraction of sp³-hybridized carbons (Fsp3) is 0.643. The van der Waals surface area contributed by atoms with Gasteiger partial charge >= 0.3 is 0 Å².